The summed E-state index contributed by atoms with van der Waals surface area (Å²) in [7, 11) is 3.35. The van der Waals surface area contributed by atoms with Crippen molar-refractivity contribution >= 4 is 11.9 Å². The molecule has 0 aromatic heterocycles. The number of rotatable bonds is 8. The number of hydrogen-bond donors (Lipinski definition) is 1. The third-order valence-electron chi connectivity index (χ3n) is 3.65. The lowest BCUT2D eigenvalue weighted by Gasteiger charge is -2.17. The van der Waals surface area contributed by atoms with E-state index in [1.807, 2.05) is 36.4 Å². The van der Waals surface area contributed by atoms with Crippen molar-refractivity contribution in [1.82, 2.24) is 4.90 Å². The number of amides is 1. The fourth-order valence-electron chi connectivity index (χ4n) is 2.25. The average molecular weight is 343 g/mol. The number of carbonyl (C=O) groups excluding carboxylic acids is 1. The lowest BCUT2D eigenvalue weighted by molar-refractivity contribution is -0.139. The largest absolute Gasteiger partial charge is 0.497 e. The van der Waals surface area contributed by atoms with Gasteiger partial charge >= 0.3 is 5.97 Å². The third-order valence-corrected chi connectivity index (χ3v) is 3.65. The van der Waals surface area contributed by atoms with Gasteiger partial charge in [0.05, 0.1) is 13.5 Å². The predicted octanol–water partition coefficient (Wildman–Crippen LogP) is 2.36. The average Bonchev–Trinajstić information content (AvgIpc) is 2.61. The maximum Gasteiger partial charge on any atom is 0.341 e. The monoisotopic (exact) mass is 343 g/mol. The molecule has 1 N–H and O–H groups in total. The minimum Gasteiger partial charge on any atom is -0.497 e. The highest BCUT2D eigenvalue weighted by Crippen LogP contribution is 2.15. The number of aliphatic carboxylic acids is 1. The molecule has 0 atom stereocenters. The summed E-state index contributed by atoms with van der Waals surface area (Å²) < 4.78 is 10.2. The summed E-state index contributed by atoms with van der Waals surface area (Å²) >= 11 is 0. The Balaban J connectivity index is 1.88. The number of carboxylic acids is 1. The van der Waals surface area contributed by atoms with Gasteiger partial charge in [-0.3, -0.25) is 4.79 Å². The first kappa shape index (κ1) is 18.3. The van der Waals surface area contributed by atoms with Crippen molar-refractivity contribution in [3.63, 3.8) is 0 Å². The second kappa shape index (κ2) is 8.73. The first-order valence-corrected chi connectivity index (χ1v) is 7.78. The first-order chi connectivity index (χ1) is 12.0. The summed E-state index contributed by atoms with van der Waals surface area (Å²) in [6.07, 6.45) is 0.320. The number of methoxy groups -OCH3 is 1. The van der Waals surface area contributed by atoms with Crippen molar-refractivity contribution in [2.45, 2.75) is 13.0 Å². The molecule has 0 spiro atoms. The molecule has 132 valence electrons. The maximum atomic E-state index is 12.3. The molecule has 6 heteroatoms. The van der Waals surface area contributed by atoms with Crippen molar-refractivity contribution in [3.8, 4) is 11.5 Å². The topological polar surface area (TPSA) is 76.1 Å². The standard InChI is InChI=1S/C19H21NO5/c1-20(18(21)11-14-3-7-16(24-2)8-4-14)12-15-5-9-17(10-6-15)25-13-19(22)23/h3-10H,11-13H2,1-2H3,(H,22,23). The van der Waals surface area contributed by atoms with Gasteiger partial charge in [0.25, 0.3) is 0 Å². The number of carbonyl (C=O) groups is 2. The van der Waals surface area contributed by atoms with Crippen LogP contribution in [0, 0.1) is 0 Å². The van der Waals surface area contributed by atoms with Crippen molar-refractivity contribution in [1.29, 1.82) is 0 Å². The van der Waals surface area contributed by atoms with E-state index in [1.54, 1.807) is 31.2 Å². The fourth-order valence-corrected chi connectivity index (χ4v) is 2.25. The van der Waals surface area contributed by atoms with Crippen molar-refractivity contribution in [2.24, 2.45) is 0 Å². The van der Waals surface area contributed by atoms with E-state index >= 15 is 0 Å². The van der Waals surface area contributed by atoms with E-state index in [9.17, 15) is 9.59 Å². The van der Waals surface area contributed by atoms with Crippen LogP contribution in [-0.4, -0.2) is 42.6 Å². The Labute approximate surface area is 146 Å². The predicted molar refractivity (Wildman–Crippen MR) is 92.7 cm³/mol. The summed E-state index contributed by atoms with van der Waals surface area (Å²) in [6, 6.07) is 14.4. The van der Waals surface area contributed by atoms with Gasteiger partial charge in [-0.05, 0) is 35.4 Å². The normalized spacial score (nSPS) is 10.2. The molecule has 0 saturated carbocycles. The molecule has 2 aromatic carbocycles. The number of ether oxygens (including phenoxy) is 2. The lowest BCUT2D eigenvalue weighted by Crippen LogP contribution is -2.27. The highest BCUT2D eigenvalue weighted by atomic mass is 16.5. The molecule has 2 aromatic rings. The van der Waals surface area contributed by atoms with Gasteiger partial charge in [-0.15, -0.1) is 0 Å². The van der Waals surface area contributed by atoms with Crippen LogP contribution in [0.2, 0.25) is 0 Å². The van der Waals surface area contributed by atoms with E-state index in [1.165, 1.54) is 0 Å². The van der Waals surface area contributed by atoms with E-state index in [2.05, 4.69) is 0 Å². The summed E-state index contributed by atoms with van der Waals surface area (Å²) in [6.45, 7) is 0.0911. The van der Waals surface area contributed by atoms with Gasteiger partial charge in [0.1, 0.15) is 11.5 Å². The second-order valence-electron chi connectivity index (χ2n) is 5.60. The van der Waals surface area contributed by atoms with E-state index < -0.39 is 5.97 Å². The van der Waals surface area contributed by atoms with Crippen molar-refractivity contribution in [2.75, 3.05) is 20.8 Å². The molecular formula is C19H21NO5. The van der Waals surface area contributed by atoms with E-state index in [4.69, 9.17) is 14.6 Å². The van der Waals surface area contributed by atoms with Gasteiger partial charge in [-0.2, -0.15) is 0 Å². The third kappa shape index (κ3) is 5.84. The molecular weight excluding hydrogens is 322 g/mol. The van der Waals surface area contributed by atoms with Crippen LogP contribution in [0.15, 0.2) is 48.5 Å². The molecule has 1 amide bonds. The van der Waals surface area contributed by atoms with Crippen LogP contribution >= 0.6 is 0 Å². The van der Waals surface area contributed by atoms with Crippen molar-refractivity contribution < 1.29 is 24.2 Å². The molecule has 2 rings (SSSR count). The van der Waals surface area contributed by atoms with E-state index in [0.29, 0.717) is 18.7 Å². The van der Waals surface area contributed by atoms with Crippen LogP contribution in [0.4, 0.5) is 0 Å². The Bertz CT molecular complexity index is 710. The lowest BCUT2D eigenvalue weighted by atomic mass is 10.1. The Morgan fingerprint density at radius 3 is 2.08 bits per heavy atom. The minimum atomic E-state index is -1.02. The molecule has 0 aliphatic rings. The molecule has 25 heavy (non-hydrogen) atoms. The summed E-state index contributed by atoms with van der Waals surface area (Å²) in [5, 5.41) is 8.58. The van der Waals surface area contributed by atoms with Gasteiger partial charge in [0, 0.05) is 13.6 Å². The molecule has 6 nitrogen and oxygen atoms in total. The van der Waals surface area contributed by atoms with Crippen LogP contribution in [0.25, 0.3) is 0 Å². The number of nitrogens with zero attached hydrogens (tertiary/aromatic N) is 1. The Morgan fingerprint density at radius 2 is 1.52 bits per heavy atom. The number of benzene rings is 2. The molecule has 0 saturated heterocycles. The summed E-state index contributed by atoms with van der Waals surface area (Å²) in [5.41, 5.74) is 1.86. The SMILES string of the molecule is COc1ccc(CC(=O)N(C)Cc2ccc(OCC(=O)O)cc2)cc1. The molecule has 0 heterocycles. The molecule has 0 bridgehead atoms. The Morgan fingerprint density at radius 1 is 0.960 bits per heavy atom. The number of carboxylic acid groups (broad SMARTS) is 1. The maximum absolute atomic E-state index is 12.3. The highest BCUT2D eigenvalue weighted by Gasteiger charge is 2.10. The zero-order valence-electron chi connectivity index (χ0n) is 14.3. The molecule has 0 unspecified atom stereocenters. The molecule has 0 aliphatic heterocycles. The summed E-state index contributed by atoms with van der Waals surface area (Å²) in [4.78, 5) is 24.4. The molecule has 0 fully saturated rings. The van der Waals surface area contributed by atoms with E-state index in [-0.39, 0.29) is 12.5 Å². The Hall–Kier alpha value is -3.02. The summed E-state index contributed by atoms with van der Waals surface area (Å²) in [5.74, 6) is 0.234. The zero-order valence-corrected chi connectivity index (χ0v) is 14.3. The van der Waals surface area contributed by atoms with Crippen LogP contribution in [-0.2, 0) is 22.6 Å². The fraction of sp³-hybridized carbons (Fsp3) is 0.263. The van der Waals surface area contributed by atoms with Crippen LogP contribution < -0.4 is 9.47 Å². The highest BCUT2D eigenvalue weighted by molar-refractivity contribution is 5.78. The van der Waals surface area contributed by atoms with Crippen molar-refractivity contribution in [3.05, 3.63) is 59.7 Å². The van der Waals surface area contributed by atoms with Crippen LogP contribution in [0.3, 0.4) is 0 Å². The van der Waals surface area contributed by atoms with Gasteiger partial charge in [-0.1, -0.05) is 24.3 Å². The number of hydrogen-bond acceptors (Lipinski definition) is 4. The van der Waals surface area contributed by atoms with Gasteiger partial charge < -0.3 is 19.5 Å². The Kier molecular flexibility index (Phi) is 6.39. The number of likely N-dealkylation sites (N-methyl/N-ethyl adjacent to an activating group) is 1. The van der Waals surface area contributed by atoms with Gasteiger partial charge in [0.15, 0.2) is 6.61 Å². The van der Waals surface area contributed by atoms with Gasteiger partial charge in [0.2, 0.25) is 5.91 Å². The molecule has 0 radical (unpaired) electrons. The molecule has 0 aliphatic carbocycles. The zero-order chi connectivity index (χ0) is 18.2. The van der Waals surface area contributed by atoms with Crippen LogP contribution in [0.1, 0.15) is 11.1 Å². The quantitative estimate of drug-likeness (QED) is 0.796. The smallest absolute Gasteiger partial charge is 0.341 e. The first-order valence-electron chi connectivity index (χ1n) is 7.78. The van der Waals surface area contributed by atoms with E-state index in [0.717, 1.165) is 16.9 Å². The minimum absolute atomic E-state index is 0.0105. The van der Waals surface area contributed by atoms with Gasteiger partial charge in [-0.25, -0.2) is 4.79 Å². The second-order valence-corrected chi connectivity index (χ2v) is 5.60. The van der Waals surface area contributed by atoms with Crippen LogP contribution in [0.5, 0.6) is 11.5 Å².